The molecule has 0 bridgehead atoms. The fraction of sp³-hybridized carbons (Fsp3) is 0.350. The minimum atomic E-state index is -4.02. The van der Waals surface area contributed by atoms with Gasteiger partial charge in [-0.3, -0.25) is 9.52 Å². The first-order chi connectivity index (χ1) is 13.3. The van der Waals surface area contributed by atoms with Crippen LogP contribution < -0.4 is 4.72 Å². The Morgan fingerprint density at radius 3 is 2.64 bits per heavy atom. The number of likely N-dealkylation sites (N-methyl/N-ethyl adjacent to an activating group) is 1. The van der Waals surface area contributed by atoms with Gasteiger partial charge in [0.15, 0.2) is 0 Å². The predicted molar refractivity (Wildman–Crippen MR) is 106 cm³/mol. The fourth-order valence-electron chi connectivity index (χ4n) is 3.29. The van der Waals surface area contributed by atoms with Gasteiger partial charge in [0, 0.05) is 24.7 Å². The van der Waals surface area contributed by atoms with Gasteiger partial charge in [-0.25, -0.2) is 12.8 Å². The highest BCUT2D eigenvalue weighted by atomic mass is 32.2. The van der Waals surface area contributed by atoms with E-state index in [2.05, 4.69) is 9.62 Å². The largest absolute Gasteiger partial charge is 0.337 e. The van der Waals surface area contributed by atoms with E-state index >= 15 is 0 Å². The lowest BCUT2D eigenvalue weighted by atomic mass is 10.0. The number of anilines is 1. The van der Waals surface area contributed by atoms with Crippen molar-refractivity contribution in [2.24, 2.45) is 0 Å². The Bertz CT molecular complexity index is 963. The number of nitrogens with one attached hydrogen (secondary N) is 1. The van der Waals surface area contributed by atoms with Crippen LogP contribution in [0.15, 0.2) is 53.4 Å². The van der Waals surface area contributed by atoms with E-state index in [9.17, 15) is 17.6 Å². The Morgan fingerprint density at radius 1 is 1.18 bits per heavy atom. The normalized spacial score (nSPS) is 17.6. The van der Waals surface area contributed by atoms with Gasteiger partial charge in [-0.1, -0.05) is 18.2 Å². The highest BCUT2D eigenvalue weighted by Gasteiger charge is 2.26. The molecule has 0 aliphatic carbocycles. The summed E-state index contributed by atoms with van der Waals surface area (Å²) in [5, 5.41) is 0. The lowest BCUT2D eigenvalue weighted by Gasteiger charge is -2.36. The number of hydrogen-bond donors (Lipinski definition) is 1. The number of hydrogen-bond acceptors (Lipinski definition) is 4. The molecule has 1 amide bonds. The number of rotatable bonds is 5. The van der Waals surface area contributed by atoms with Crippen molar-refractivity contribution >= 4 is 21.6 Å². The van der Waals surface area contributed by atoms with Crippen LogP contribution in [0, 0.1) is 5.82 Å². The molecule has 2 aromatic rings. The zero-order valence-corrected chi connectivity index (χ0v) is 16.7. The molecule has 1 aliphatic heterocycles. The second kappa shape index (κ2) is 8.28. The molecule has 0 radical (unpaired) electrons. The quantitative estimate of drug-likeness (QED) is 0.831. The summed E-state index contributed by atoms with van der Waals surface area (Å²) in [6.07, 6.45) is 1.93. The lowest BCUT2D eigenvalue weighted by Crippen LogP contribution is -2.47. The average Bonchev–Trinajstić information content (AvgIpc) is 2.69. The van der Waals surface area contributed by atoms with Crippen LogP contribution >= 0.6 is 0 Å². The zero-order valence-electron chi connectivity index (χ0n) is 15.9. The third-order valence-corrected chi connectivity index (χ3v) is 6.29. The fourth-order valence-corrected chi connectivity index (χ4v) is 4.40. The van der Waals surface area contributed by atoms with Crippen molar-refractivity contribution in [2.75, 3.05) is 31.9 Å². The van der Waals surface area contributed by atoms with Gasteiger partial charge in [-0.15, -0.1) is 0 Å². The highest BCUT2D eigenvalue weighted by molar-refractivity contribution is 7.92. The maximum atomic E-state index is 13.8. The monoisotopic (exact) mass is 405 g/mol. The summed E-state index contributed by atoms with van der Waals surface area (Å²) in [6.45, 7) is 1.25. The Kier molecular flexibility index (Phi) is 6.00. The highest BCUT2D eigenvalue weighted by Crippen LogP contribution is 2.21. The lowest BCUT2D eigenvalue weighted by molar-refractivity contribution is 0.0635. The number of para-hydroxylation sites is 1. The number of halogens is 1. The molecule has 1 fully saturated rings. The van der Waals surface area contributed by atoms with Gasteiger partial charge in [0.1, 0.15) is 5.82 Å². The van der Waals surface area contributed by atoms with E-state index in [0.29, 0.717) is 18.7 Å². The molecule has 0 saturated carbocycles. The topological polar surface area (TPSA) is 69.7 Å². The molecule has 1 heterocycles. The van der Waals surface area contributed by atoms with Crippen molar-refractivity contribution in [1.82, 2.24) is 9.80 Å². The molecule has 0 aromatic heterocycles. The summed E-state index contributed by atoms with van der Waals surface area (Å²) in [4.78, 5) is 16.7. The van der Waals surface area contributed by atoms with Crippen molar-refractivity contribution in [2.45, 2.75) is 23.8 Å². The minimum Gasteiger partial charge on any atom is -0.337 e. The van der Waals surface area contributed by atoms with Gasteiger partial charge < -0.3 is 9.80 Å². The van der Waals surface area contributed by atoms with Crippen molar-refractivity contribution in [3.05, 3.63) is 59.9 Å². The second-order valence-electron chi connectivity index (χ2n) is 7.12. The van der Waals surface area contributed by atoms with Crippen molar-refractivity contribution < 1.29 is 17.6 Å². The van der Waals surface area contributed by atoms with Gasteiger partial charge in [0.05, 0.1) is 10.6 Å². The summed E-state index contributed by atoms with van der Waals surface area (Å²) >= 11 is 0. The molecule has 1 N–H and O–H groups in total. The summed E-state index contributed by atoms with van der Waals surface area (Å²) in [6, 6.07) is 11.7. The Labute approximate surface area is 165 Å². The zero-order chi connectivity index (χ0) is 20.3. The number of benzene rings is 2. The molecule has 3 rings (SSSR count). The summed E-state index contributed by atoms with van der Waals surface area (Å²) < 4.78 is 41.3. The Hall–Kier alpha value is -2.45. The van der Waals surface area contributed by atoms with Gasteiger partial charge in [-0.2, -0.15) is 0 Å². The van der Waals surface area contributed by atoms with Gasteiger partial charge in [0.25, 0.3) is 15.9 Å². The second-order valence-corrected chi connectivity index (χ2v) is 8.81. The van der Waals surface area contributed by atoms with E-state index in [1.165, 1.54) is 36.4 Å². The first kappa shape index (κ1) is 20.3. The maximum absolute atomic E-state index is 13.8. The minimum absolute atomic E-state index is 0.0808. The van der Waals surface area contributed by atoms with Crippen LogP contribution in [0.1, 0.15) is 23.2 Å². The number of likely N-dealkylation sites (tertiary alicyclic amines) is 1. The number of nitrogens with zero attached hydrogens (tertiary/aromatic N) is 2. The van der Waals surface area contributed by atoms with E-state index in [1.54, 1.807) is 17.0 Å². The molecule has 1 unspecified atom stereocenters. The van der Waals surface area contributed by atoms with Gasteiger partial charge in [0.2, 0.25) is 0 Å². The van der Waals surface area contributed by atoms with E-state index in [-0.39, 0.29) is 22.5 Å². The summed E-state index contributed by atoms with van der Waals surface area (Å²) in [7, 11) is -0.0431. The van der Waals surface area contributed by atoms with Gasteiger partial charge >= 0.3 is 0 Å². The molecule has 6 nitrogen and oxygen atoms in total. The molecular weight excluding hydrogens is 381 g/mol. The number of carbonyl (C=O) groups is 1. The van der Waals surface area contributed by atoms with Crippen LogP contribution in [0.25, 0.3) is 0 Å². The molecule has 2 aromatic carbocycles. The number of carbonyl (C=O) groups excluding carboxylic acids is 1. The molecule has 8 heteroatoms. The SMILES string of the molecule is CN(C)C1CCCN(C(=O)c2cccc(S(=O)(=O)Nc3ccccc3F)c2)C1. The maximum Gasteiger partial charge on any atom is 0.262 e. The molecule has 28 heavy (non-hydrogen) atoms. The summed E-state index contributed by atoms with van der Waals surface area (Å²) in [5.41, 5.74) is 0.167. The van der Waals surface area contributed by atoms with Crippen LogP contribution in [-0.2, 0) is 10.0 Å². The molecule has 150 valence electrons. The van der Waals surface area contributed by atoms with E-state index < -0.39 is 15.8 Å². The predicted octanol–water partition coefficient (Wildman–Crippen LogP) is 2.79. The number of sulfonamides is 1. The molecule has 0 spiro atoms. The van der Waals surface area contributed by atoms with Crippen LogP contribution in [0.5, 0.6) is 0 Å². The van der Waals surface area contributed by atoms with Crippen LogP contribution in [0.3, 0.4) is 0 Å². The first-order valence-electron chi connectivity index (χ1n) is 9.11. The third-order valence-electron chi connectivity index (χ3n) is 4.92. The van der Waals surface area contributed by atoms with Crippen molar-refractivity contribution in [3.8, 4) is 0 Å². The number of piperidine rings is 1. The molecule has 1 saturated heterocycles. The number of amides is 1. The standard InChI is InChI=1S/C20H24FN3O3S/c1-23(2)16-8-6-12-24(14-16)20(25)15-7-5-9-17(13-15)28(26,27)22-19-11-4-3-10-18(19)21/h3-5,7,9-11,13,16,22H,6,8,12,14H2,1-2H3. The van der Waals surface area contributed by atoms with Crippen molar-refractivity contribution in [3.63, 3.8) is 0 Å². The average molecular weight is 405 g/mol. The van der Waals surface area contributed by atoms with Crippen molar-refractivity contribution in [1.29, 1.82) is 0 Å². The molecule has 1 atom stereocenters. The Balaban J connectivity index is 1.81. The van der Waals surface area contributed by atoms with Crippen LogP contribution in [0.2, 0.25) is 0 Å². The van der Waals surface area contributed by atoms with E-state index in [0.717, 1.165) is 12.8 Å². The van der Waals surface area contributed by atoms with E-state index in [1.807, 2.05) is 14.1 Å². The Morgan fingerprint density at radius 2 is 1.93 bits per heavy atom. The smallest absolute Gasteiger partial charge is 0.262 e. The van der Waals surface area contributed by atoms with Crippen LogP contribution in [0.4, 0.5) is 10.1 Å². The summed E-state index contributed by atoms with van der Waals surface area (Å²) in [5.74, 6) is -0.865. The third kappa shape index (κ3) is 4.51. The first-order valence-corrected chi connectivity index (χ1v) is 10.6. The van der Waals surface area contributed by atoms with Crippen LogP contribution in [-0.4, -0.2) is 57.4 Å². The van der Waals surface area contributed by atoms with Gasteiger partial charge in [-0.05, 0) is 57.3 Å². The molecule has 1 aliphatic rings. The molecular formula is C20H24FN3O3S. The van der Waals surface area contributed by atoms with E-state index in [4.69, 9.17) is 0 Å².